The third-order valence-corrected chi connectivity index (χ3v) is 4.62. The van der Waals surface area contributed by atoms with Crippen molar-refractivity contribution in [3.05, 3.63) is 65.4 Å². The Kier molecular flexibility index (Phi) is 3.73. The Hall–Kier alpha value is -2.75. The number of fused-ring (bicyclic) bond motifs is 1. The Labute approximate surface area is 140 Å². The molecule has 1 aliphatic heterocycles. The lowest BCUT2D eigenvalue weighted by molar-refractivity contribution is -0.137. The van der Waals surface area contributed by atoms with Crippen LogP contribution in [0.3, 0.4) is 0 Å². The lowest BCUT2D eigenvalue weighted by Gasteiger charge is -2.14. The van der Waals surface area contributed by atoms with E-state index in [9.17, 15) is 9.59 Å². The number of allylic oxidation sites excluding steroid dienone is 1. The van der Waals surface area contributed by atoms with Crippen LogP contribution in [-0.4, -0.2) is 28.2 Å². The molecule has 4 nitrogen and oxygen atoms in total. The third-order valence-electron chi connectivity index (χ3n) is 4.62. The number of carbonyl (C=O) groups is 2. The van der Waals surface area contributed by atoms with Crippen molar-refractivity contribution in [1.82, 2.24) is 9.88 Å². The van der Waals surface area contributed by atoms with Gasteiger partial charge < -0.3 is 0 Å². The molecule has 0 radical (unpaired) electrons. The first kappa shape index (κ1) is 14.8. The lowest BCUT2D eigenvalue weighted by Crippen LogP contribution is -2.32. The standard InChI is InChI=1S/C20H18N2O2/c23-19-16-8-2-3-9-17(16)20(24)22(19)13-5-7-15-12-11-14-6-1-4-10-18(14)21-15/h1-2,4,6,8,10-12H,3,5,7,9,13H2. The zero-order chi connectivity index (χ0) is 16.5. The average molecular weight is 318 g/mol. The number of amides is 2. The van der Waals surface area contributed by atoms with E-state index in [1.807, 2.05) is 36.4 Å². The van der Waals surface area contributed by atoms with Gasteiger partial charge in [0.25, 0.3) is 11.8 Å². The highest BCUT2D eigenvalue weighted by atomic mass is 16.2. The smallest absolute Gasteiger partial charge is 0.261 e. The van der Waals surface area contributed by atoms with Crippen LogP contribution in [-0.2, 0) is 16.0 Å². The van der Waals surface area contributed by atoms with Crippen LogP contribution >= 0.6 is 0 Å². The molecule has 24 heavy (non-hydrogen) atoms. The number of aryl methyl sites for hydroxylation is 1. The first-order chi connectivity index (χ1) is 11.7. The maximum Gasteiger partial charge on any atom is 0.261 e. The number of rotatable bonds is 4. The summed E-state index contributed by atoms with van der Waals surface area (Å²) >= 11 is 0. The number of imide groups is 1. The normalized spacial score (nSPS) is 17.1. The van der Waals surface area contributed by atoms with Crippen LogP contribution in [0.25, 0.3) is 10.9 Å². The fraction of sp³-hybridized carbons (Fsp3) is 0.250. The van der Waals surface area contributed by atoms with E-state index in [-0.39, 0.29) is 11.8 Å². The molecule has 0 unspecified atom stereocenters. The van der Waals surface area contributed by atoms with Gasteiger partial charge in [-0.3, -0.25) is 19.5 Å². The quantitative estimate of drug-likeness (QED) is 0.814. The number of aromatic nitrogens is 1. The van der Waals surface area contributed by atoms with E-state index in [1.165, 1.54) is 4.90 Å². The summed E-state index contributed by atoms with van der Waals surface area (Å²) in [6.45, 7) is 0.451. The molecule has 2 aromatic rings. The van der Waals surface area contributed by atoms with Gasteiger partial charge in [-0.2, -0.15) is 0 Å². The topological polar surface area (TPSA) is 50.3 Å². The molecule has 0 atom stereocenters. The van der Waals surface area contributed by atoms with E-state index >= 15 is 0 Å². The van der Waals surface area contributed by atoms with Gasteiger partial charge in [0, 0.05) is 28.8 Å². The molecule has 4 heteroatoms. The Morgan fingerprint density at radius 3 is 2.79 bits per heavy atom. The molecule has 1 aromatic carbocycles. The molecular weight excluding hydrogens is 300 g/mol. The Morgan fingerprint density at radius 1 is 1.04 bits per heavy atom. The monoisotopic (exact) mass is 318 g/mol. The maximum atomic E-state index is 12.4. The minimum Gasteiger partial charge on any atom is -0.275 e. The Bertz CT molecular complexity index is 895. The second-order valence-corrected chi connectivity index (χ2v) is 6.19. The van der Waals surface area contributed by atoms with Gasteiger partial charge in [0.2, 0.25) is 0 Å². The van der Waals surface area contributed by atoms with Crippen molar-refractivity contribution in [3.8, 4) is 0 Å². The molecule has 1 aliphatic carbocycles. The molecule has 0 N–H and O–H groups in total. The lowest BCUT2D eigenvalue weighted by atomic mass is 10.00. The molecule has 2 aliphatic rings. The molecule has 0 bridgehead atoms. The summed E-state index contributed by atoms with van der Waals surface area (Å²) < 4.78 is 0. The highest BCUT2D eigenvalue weighted by molar-refractivity contribution is 6.20. The molecule has 120 valence electrons. The van der Waals surface area contributed by atoms with Gasteiger partial charge in [-0.1, -0.05) is 36.4 Å². The van der Waals surface area contributed by atoms with E-state index in [4.69, 9.17) is 0 Å². The molecule has 0 saturated heterocycles. The summed E-state index contributed by atoms with van der Waals surface area (Å²) in [5.74, 6) is -0.247. The predicted molar refractivity (Wildman–Crippen MR) is 92.2 cm³/mol. The SMILES string of the molecule is O=C1C2=C(CCC=C2)C(=O)N1CCCc1ccc2ccccc2n1. The summed E-state index contributed by atoms with van der Waals surface area (Å²) in [6.07, 6.45) is 6.76. The van der Waals surface area contributed by atoms with E-state index in [0.29, 0.717) is 24.1 Å². The number of hydrogen-bond acceptors (Lipinski definition) is 3. The molecule has 1 aromatic heterocycles. The Morgan fingerprint density at radius 2 is 1.92 bits per heavy atom. The fourth-order valence-electron chi connectivity index (χ4n) is 3.36. The number of carbonyl (C=O) groups excluding carboxylic acids is 2. The highest BCUT2D eigenvalue weighted by Crippen LogP contribution is 2.29. The fourth-order valence-corrected chi connectivity index (χ4v) is 3.36. The van der Waals surface area contributed by atoms with Crippen LogP contribution in [0, 0.1) is 0 Å². The number of benzene rings is 1. The highest BCUT2D eigenvalue weighted by Gasteiger charge is 2.36. The van der Waals surface area contributed by atoms with Crippen LogP contribution in [0.4, 0.5) is 0 Å². The van der Waals surface area contributed by atoms with Gasteiger partial charge in [-0.15, -0.1) is 0 Å². The zero-order valence-corrected chi connectivity index (χ0v) is 13.4. The summed E-state index contributed by atoms with van der Waals surface area (Å²) in [5, 5.41) is 1.12. The summed E-state index contributed by atoms with van der Waals surface area (Å²) in [5.41, 5.74) is 3.25. The van der Waals surface area contributed by atoms with Crippen molar-refractivity contribution < 1.29 is 9.59 Å². The van der Waals surface area contributed by atoms with Crippen LogP contribution in [0.5, 0.6) is 0 Å². The van der Waals surface area contributed by atoms with Gasteiger partial charge >= 0.3 is 0 Å². The van der Waals surface area contributed by atoms with E-state index in [0.717, 1.165) is 35.9 Å². The summed E-state index contributed by atoms with van der Waals surface area (Å²) in [7, 11) is 0. The van der Waals surface area contributed by atoms with Gasteiger partial charge in [0.15, 0.2) is 0 Å². The van der Waals surface area contributed by atoms with Crippen LogP contribution in [0.2, 0.25) is 0 Å². The number of pyridine rings is 1. The van der Waals surface area contributed by atoms with Crippen molar-refractivity contribution >= 4 is 22.7 Å². The van der Waals surface area contributed by atoms with Crippen LogP contribution in [0.15, 0.2) is 59.7 Å². The largest absolute Gasteiger partial charge is 0.275 e. The molecule has 2 heterocycles. The first-order valence-corrected chi connectivity index (χ1v) is 8.34. The molecule has 0 saturated carbocycles. The minimum atomic E-state index is -0.141. The van der Waals surface area contributed by atoms with Gasteiger partial charge in [0.05, 0.1) is 5.52 Å². The molecule has 0 fully saturated rings. The number of nitrogens with zero attached hydrogens (tertiary/aromatic N) is 2. The van der Waals surface area contributed by atoms with Gasteiger partial charge in [0.1, 0.15) is 0 Å². The second kappa shape index (κ2) is 6.04. The van der Waals surface area contributed by atoms with Crippen LogP contribution in [0.1, 0.15) is 25.0 Å². The average Bonchev–Trinajstić information content (AvgIpc) is 2.87. The minimum absolute atomic E-state index is 0.106. The van der Waals surface area contributed by atoms with E-state index < -0.39 is 0 Å². The summed E-state index contributed by atoms with van der Waals surface area (Å²) in [4.78, 5) is 30.7. The van der Waals surface area contributed by atoms with Crippen molar-refractivity contribution in [3.63, 3.8) is 0 Å². The number of hydrogen-bond donors (Lipinski definition) is 0. The van der Waals surface area contributed by atoms with Crippen molar-refractivity contribution in [2.45, 2.75) is 25.7 Å². The van der Waals surface area contributed by atoms with Crippen molar-refractivity contribution in [2.75, 3.05) is 6.54 Å². The van der Waals surface area contributed by atoms with Gasteiger partial charge in [-0.25, -0.2) is 0 Å². The zero-order valence-electron chi connectivity index (χ0n) is 13.4. The van der Waals surface area contributed by atoms with Crippen molar-refractivity contribution in [1.29, 1.82) is 0 Å². The third kappa shape index (κ3) is 2.54. The molecule has 2 amide bonds. The Balaban J connectivity index is 1.41. The predicted octanol–water partition coefficient (Wildman–Crippen LogP) is 3.18. The molecule has 0 spiro atoms. The molecule has 4 rings (SSSR count). The van der Waals surface area contributed by atoms with Gasteiger partial charge in [-0.05, 0) is 37.8 Å². The number of para-hydroxylation sites is 1. The summed E-state index contributed by atoms with van der Waals surface area (Å²) in [6, 6.07) is 12.1. The van der Waals surface area contributed by atoms with Crippen LogP contribution < -0.4 is 0 Å². The van der Waals surface area contributed by atoms with Crippen molar-refractivity contribution in [2.24, 2.45) is 0 Å². The first-order valence-electron chi connectivity index (χ1n) is 8.34. The second-order valence-electron chi connectivity index (χ2n) is 6.19. The van der Waals surface area contributed by atoms with E-state index in [1.54, 1.807) is 6.08 Å². The van der Waals surface area contributed by atoms with E-state index in [2.05, 4.69) is 11.1 Å². The maximum absolute atomic E-state index is 12.4. The molecular formula is C20H18N2O2.